The fourth-order valence-electron chi connectivity index (χ4n) is 4.35. The summed E-state index contributed by atoms with van der Waals surface area (Å²) in [5, 5.41) is 5.34. The molecule has 8 heteroatoms. The van der Waals surface area contributed by atoms with Gasteiger partial charge in [-0.15, -0.1) is 0 Å². The van der Waals surface area contributed by atoms with Crippen molar-refractivity contribution in [1.82, 2.24) is 5.32 Å². The predicted octanol–water partition coefficient (Wildman–Crippen LogP) is 3.79. The van der Waals surface area contributed by atoms with E-state index in [0.29, 0.717) is 22.1 Å². The first-order valence-corrected chi connectivity index (χ1v) is 12.2. The number of hydrogen-bond donors (Lipinski definition) is 1. The molecule has 0 radical (unpaired) electrons. The number of furan rings is 1. The fraction of sp³-hybridized carbons (Fsp3) is 0.200. The van der Waals surface area contributed by atoms with Gasteiger partial charge in [0.05, 0.1) is 23.8 Å². The van der Waals surface area contributed by atoms with Gasteiger partial charge in [0.15, 0.2) is 9.84 Å². The van der Waals surface area contributed by atoms with E-state index in [1.54, 1.807) is 13.0 Å². The zero-order valence-corrected chi connectivity index (χ0v) is 18.9. The van der Waals surface area contributed by atoms with E-state index in [1.165, 1.54) is 6.08 Å². The number of carbonyl (C=O) groups excluding carboxylic acids is 1. The smallest absolute Gasteiger partial charge is 0.340 e. The molecular weight excluding hydrogens is 442 g/mol. The molecule has 0 fully saturated rings. The topological polar surface area (TPSA) is 107 Å². The maximum atomic E-state index is 12.7. The summed E-state index contributed by atoms with van der Waals surface area (Å²) in [6.45, 7) is 3.67. The number of hydrogen-bond acceptors (Lipinski definition) is 6. The van der Waals surface area contributed by atoms with Gasteiger partial charge < -0.3 is 14.2 Å². The molecule has 1 N–H and O–H groups in total. The standard InChI is InChI=1S/C25H21NO6S/c1-14-18-10-20-22(31-15(2)24(20)16-6-4-3-5-7-16)12-21(18)32-25(28)19(14)11-23(27)26-17-8-9-33(29,30)13-17/h3-10,12,17H,11,13H2,1-2H3,(H,26,27)/t17-/m1/s1. The van der Waals surface area contributed by atoms with Gasteiger partial charge in [0.2, 0.25) is 5.91 Å². The largest absolute Gasteiger partial charge is 0.461 e. The quantitative estimate of drug-likeness (QED) is 0.462. The molecule has 4 aromatic rings. The van der Waals surface area contributed by atoms with Crippen LogP contribution in [-0.2, 0) is 21.1 Å². The van der Waals surface area contributed by atoms with E-state index in [9.17, 15) is 18.0 Å². The molecule has 0 saturated carbocycles. The Labute approximate surface area is 189 Å². The van der Waals surface area contributed by atoms with Crippen molar-refractivity contribution in [2.45, 2.75) is 26.3 Å². The van der Waals surface area contributed by atoms with Crippen LogP contribution in [0, 0.1) is 13.8 Å². The Morgan fingerprint density at radius 3 is 2.48 bits per heavy atom. The second-order valence-corrected chi connectivity index (χ2v) is 10.2. The minimum atomic E-state index is -3.29. The number of carbonyl (C=O) groups is 1. The Kier molecular flexibility index (Phi) is 4.97. The first-order chi connectivity index (χ1) is 15.7. The number of nitrogens with one attached hydrogen (secondary N) is 1. The third-order valence-electron chi connectivity index (χ3n) is 5.95. The predicted molar refractivity (Wildman–Crippen MR) is 126 cm³/mol. The number of rotatable bonds is 4. The minimum absolute atomic E-state index is 0.176. The third kappa shape index (κ3) is 3.87. The summed E-state index contributed by atoms with van der Waals surface area (Å²) >= 11 is 0. The van der Waals surface area contributed by atoms with Crippen molar-refractivity contribution < 1.29 is 22.0 Å². The molecule has 5 rings (SSSR count). The van der Waals surface area contributed by atoms with Gasteiger partial charge in [-0.1, -0.05) is 30.3 Å². The van der Waals surface area contributed by atoms with Crippen LogP contribution in [0.15, 0.2) is 67.6 Å². The van der Waals surface area contributed by atoms with Crippen LogP contribution in [0.25, 0.3) is 33.1 Å². The van der Waals surface area contributed by atoms with Gasteiger partial charge in [0, 0.05) is 27.8 Å². The number of amides is 1. The van der Waals surface area contributed by atoms with Crippen LogP contribution in [0.1, 0.15) is 16.9 Å². The van der Waals surface area contributed by atoms with Gasteiger partial charge in [-0.3, -0.25) is 4.79 Å². The zero-order valence-electron chi connectivity index (χ0n) is 18.0. The molecule has 1 aliphatic heterocycles. The molecule has 0 unspecified atom stereocenters. The average molecular weight is 464 g/mol. The monoisotopic (exact) mass is 463 g/mol. The number of aryl methyl sites for hydroxylation is 2. The first-order valence-electron chi connectivity index (χ1n) is 10.5. The maximum Gasteiger partial charge on any atom is 0.340 e. The molecule has 1 atom stereocenters. The normalized spacial score (nSPS) is 17.1. The van der Waals surface area contributed by atoms with E-state index in [1.807, 2.05) is 43.3 Å². The first kappa shape index (κ1) is 21.2. The van der Waals surface area contributed by atoms with Crippen LogP contribution < -0.4 is 10.9 Å². The van der Waals surface area contributed by atoms with E-state index in [0.717, 1.165) is 27.7 Å². The van der Waals surface area contributed by atoms with Crippen molar-refractivity contribution in [2.24, 2.45) is 0 Å². The fourth-order valence-corrected chi connectivity index (χ4v) is 5.59. The van der Waals surface area contributed by atoms with Crippen molar-refractivity contribution in [3.63, 3.8) is 0 Å². The molecular formula is C25H21NO6S. The molecule has 2 aromatic heterocycles. The summed E-state index contributed by atoms with van der Waals surface area (Å²) in [5.74, 6) is 0.136. The summed E-state index contributed by atoms with van der Waals surface area (Å²) in [5.41, 5.74) is 3.26. The molecule has 7 nitrogen and oxygen atoms in total. The van der Waals surface area contributed by atoms with Gasteiger partial charge in [0.1, 0.15) is 16.9 Å². The summed E-state index contributed by atoms with van der Waals surface area (Å²) < 4.78 is 34.6. The van der Waals surface area contributed by atoms with Crippen molar-refractivity contribution in [3.05, 3.63) is 81.3 Å². The van der Waals surface area contributed by atoms with Crippen LogP contribution in [0.3, 0.4) is 0 Å². The zero-order chi connectivity index (χ0) is 23.3. The van der Waals surface area contributed by atoms with Gasteiger partial charge in [0.25, 0.3) is 0 Å². The summed E-state index contributed by atoms with van der Waals surface area (Å²) in [6, 6.07) is 12.9. The SMILES string of the molecule is Cc1oc2cc3oc(=O)c(CC(=O)N[C@@H]4C=CS(=O)(=O)C4)c(C)c3cc2c1-c1ccccc1. The summed E-state index contributed by atoms with van der Waals surface area (Å²) in [7, 11) is -3.29. The molecule has 0 aliphatic carbocycles. The van der Waals surface area contributed by atoms with Gasteiger partial charge in [-0.25, -0.2) is 13.2 Å². The highest BCUT2D eigenvalue weighted by atomic mass is 32.2. The molecule has 2 aromatic carbocycles. The van der Waals surface area contributed by atoms with Crippen LogP contribution in [0.2, 0.25) is 0 Å². The Hall–Kier alpha value is -3.65. The summed E-state index contributed by atoms with van der Waals surface area (Å²) in [6.07, 6.45) is 1.23. The molecule has 1 aliphatic rings. The molecule has 33 heavy (non-hydrogen) atoms. The highest BCUT2D eigenvalue weighted by Gasteiger charge is 2.24. The van der Waals surface area contributed by atoms with E-state index < -0.39 is 27.4 Å². The second-order valence-electron chi connectivity index (χ2n) is 8.25. The van der Waals surface area contributed by atoms with Crippen LogP contribution >= 0.6 is 0 Å². The average Bonchev–Trinajstić information content (AvgIpc) is 3.27. The van der Waals surface area contributed by atoms with E-state index in [-0.39, 0.29) is 17.7 Å². The molecule has 0 bridgehead atoms. The summed E-state index contributed by atoms with van der Waals surface area (Å²) in [4.78, 5) is 25.2. The van der Waals surface area contributed by atoms with Gasteiger partial charge in [-0.2, -0.15) is 0 Å². The second kappa shape index (κ2) is 7.74. The maximum absolute atomic E-state index is 12.7. The highest BCUT2D eigenvalue weighted by molar-refractivity contribution is 7.94. The van der Waals surface area contributed by atoms with E-state index in [2.05, 4.69) is 5.32 Å². The highest BCUT2D eigenvalue weighted by Crippen LogP contribution is 2.37. The minimum Gasteiger partial charge on any atom is -0.461 e. The molecule has 0 spiro atoms. The van der Waals surface area contributed by atoms with Crippen LogP contribution in [0.4, 0.5) is 0 Å². The van der Waals surface area contributed by atoms with Crippen molar-refractivity contribution in [2.75, 3.05) is 5.75 Å². The lowest BCUT2D eigenvalue weighted by atomic mass is 9.98. The van der Waals surface area contributed by atoms with Crippen molar-refractivity contribution >= 4 is 37.7 Å². The van der Waals surface area contributed by atoms with E-state index in [4.69, 9.17) is 8.83 Å². The van der Waals surface area contributed by atoms with Gasteiger partial charge >= 0.3 is 5.63 Å². The van der Waals surface area contributed by atoms with Crippen molar-refractivity contribution in [3.8, 4) is 11.1 Å². The van der Waals surface area contributed by atoms with Crippen LogP contribution in [-0.4, -0.2) is 26.1 Å². The molecule has 1 amide bonds. The lowest BCUT2D eigenvalue weighted by Crippen LogP contribution is -2.37. The molecule has 168 valence electrons. The molecule has 3 heterocycles. The Morgan fingerprint density at radius 2 is 1.79 bits per heavy atom. The lowest BCUT2D eigenvalue weighted by molar-refractivity contribution is -0.120. The van der Waals surface area contributed by atoms with E-state index >= 15 is 0 Å². The Bertz CT molecular complexity index is 1610. The lowest BCUT2D eigenvalue weighted by Gasteiger charge is -2.11. The molecule has 0 saturated heterocycles. The number of sulfone groups is 1. The Morgan fingerprint density at radius 1 is 1.06 bits per heavy atom. The van der Waals surface area contributed by atoms with Crippen LogP contribution in [0.5, 0.6) is 0 Å². The van der Waals surface area contributed by atoms with Gasteiger partial charge in [-0.05, 0) is 37.1 Å². The number of fused-ring (bicyclic) bond motifs is 2. The van der Waals surface area contributed by atoms with Crippen molar-refractivity contribution in [1.29, 1.82) is 0 Å². The Balaban J connectivity index is 1.55. The number of benzene rings is 2. The third-order valence-corrected chi connectivity index (χ3v) is 7.34.